The molecule has 10 heteroatoms. The Balaban J connectivity index is 1.98. The number of ether oxygens (including phenoxy) is 2. The van der Waals surface area contributed by atoms with E-state index in [1.165, 1.54) is 32.4 Å². The molecule has 1 fully saturated rings. The van der Waals surface area contributed by atoms with Gasteiger partial charge in [-0.1, -0.05) is 6.07 Å². The van der Waals surface area contributed by atoms with E-state index in [-0.39, 0.29) is 34.9 Å². The maximum Gasteiger partial charge on any atom is 0.264 e. The Morgan fingerprint density at radius 2 is 1.59 bits per heavy atom. The van der Waals surface area contributed by atoms with Crippen LogP contribution in [0.15, 0.2) is 41.3 Å². The van der Waals surface area contributed by atoms with E-state index in [0.29, 0.717) is 37.4 Å². The van der Waals surface area contributed by atoms with Gasteiger partial charge in [-0.2, -0.15) is 0 Å². The lowest BCUT2D eigenvalue weighted by Gasteiger charge is -2.33. The molecule has 2 N–H and O–H groups in total. The number of aryl methyl sites for hydroxylation is 2. The third-order valence-corrected chi connectivity index (χ3v) is 7.74. The Bertz CT molecular complexity index is 1150. The molecule has 0 unspecified atom stereocenters. The summed E-state index contributed by atoms with van der Waals surface area (Å²) in [7, 11) is -1.24. The lowest BCUT2D eigenvalue weighted by molar-refractivity contribution is -0.133. The highest BCUT2D eigenvalue weighted by molar-refractivity contribution is 7.92. The average Bonchev–Trinajstić information content (AvgIpc) is 2.81. The Morgan fingerprint density at radius 3 is 2.12 bits per heavy atom. The average molecular weight is 490 g/mol. The first-order valence-corrected chi connectivity index (χ1v) is 12.4. The third kappa shape index (κ3) is 5.44. The van der Waals surface area contributed by atoms with E-state index in [2.05, 4.69) is 0 Å². The lowest BCUT2D eigenvalue weighted by atomic mass is 9.96. The Morgan fingerprint density at radius 1 is 1.00 bits per heavy atom. The van der Waals surface area contributed by atoms with Gasteiger partial charge in [-0.05, 0) is 62.1 Å². The second kappa shape index (κ2) is 10.3. The summed E-state index contributed by atoms with van der Waals surface area (Å²) in [6.45, 7) is 4.07. The van der Waals surface area contributed by atoms with E-state index in [1.54, 1.807) is 17.0 Å². The number of carbonyl (C=O) groups excluding carboxylic acids is 2. The zero-order valence-electron chi connectivity index (χ0n) is 19.9. The standard InChI is InChI=1S/C24H31N3O6S/c1-16-11-17(2)13-19(12-16)27(15-23(28)26-9-7-18(8-10-26)24(25)29)34(30,31)20-5-6-21(32-3)22(14-20)33-4/h5-6,11-14,18H,7-10,15H2,1-4H3,(H2,25,29). The van der Waals surface area contributed by atoms with Gasteiger partial charge < -0.3 is 20.1 Å². The molecule has 0 bridgehead atoms. The Labute approximate surface area is 200 Å². The van der Waals surface area contributed by atoms with Crippen LogP contribution in [-0.2, 0) is 19.6 Å². The normalized spacial score (nSPS) is 14.5. The summed E-state index contributed by atoms with van der Waals surface area (Å²) in [5, 5.41) is 0. The van der Waals surface area contributed by atoms with Crippen molar-refractivity contribution >= 4 is 27.5 Å². The van der Waals surface area contributed by atoms with E-state index < -0.39 is 10.0 Å². The highest BCUT2D eigenvalue weighted by Gasteiger charge is 2.32. The van der Waals surface area contributed by atoms with Crippen molar-refractivity contribution in [1.82, 2.24) is 4.90 Å². The van der Waals surface area contributed by atoms with Crippen LogP contribution in [-0.4, -0.2) is 59.0 Å². The van der Waals surface area contributed by atoms with Crippen LogP contribution in [0.5, 0.6) is 11.5 Å². The SMILES string of the molecule is COc1ccc(S(=O)(=O)N(CC(=O)N2CCC(C(N)=O)CC2)c2cc(C)cc(C)c2)cc1OC. The molecule has 0 saturated carbocycles. The van der Waals surface area contributed by atoms with Gasteiger partial charge in [0.1, 0.15) is 6.54 Å². The topological polar surface area (TPSA) is 119 Å². The second-order valence-corrected chi connectivity index (χ2v) is 10.3. The van der Waals surface area contributed by atoms with Gasteiger partial charge in [0.25, 0.3) is 10.0 Å². The van der Waals surface area contributed by atoms with Crippen LogP contribution in [0.2, 0.25) is 0 Å². The van der Waals surface area contributed by atoms with Crippen molar-refractivity contribution in [2.75, 3.05) is 38.2 Å². The van der Waals surface area contributed by atoms with Crippen LogP contribution in [0.3, 0.4) is 0 Å². The van der Waals surface area contributed by atoms with Crippen molar-refractivity contribution in [3.8, 4) is 11.5 Å². The zero-order chi connectivity index (χ0) is 25.0. The number of anilines is 1. The van der Waals surface area contributed by atoms with Crippen LogP contribution < -0.4 is 19.5 Å². The van der Waals surface area contributed by atoms with Crippen LogP contribution in [0.1, 0.15) is 24.0 Å². The molecule has 3 rings (SSSR count). The Kier molecular flexibility index (Phi) is 7.71. The first-order chi connectivity index (χ1) is 16.1. The molecule has 2 aromatic rings. The largest absolute Gasteiger partial charge is 0.493 e. The van der Waals surface area contributed by atoms with Crippen molar-refractivity contribution in [2.45, 2.75) is 31.6 Å². The summed E-state index contributed by atoms with van der Waals surface area (Å²) in [5.74, 6) is -0.321. The molecule has 1 heterocycles. The fraction of sp³-hybridized carbons (Fsp3) is 0.417. The molecule has 0 radical (unpaired) electrons. The highest BCUT2D eigenvalue weighted by Crippen LogP contribution is 2.33. The van der Waals surface area contributed by atoms with E-state index in [1.807, 2.05) is 19.9 Å². The highest BCUT2D eigenvalue weighted by atomic mass is 32.2. The zero-order valence-corrected chi connectivity index (χ0v) is 20.7. The molecule has 1 saturated heterocycles. The van der Waals surface area contributed by atoms with Crippen LogP contribution in [0.4, 0.5) is 5.69 Å². The number of methoxy groups -OCH3 is 2. The summed E-state index contributed by atoms with van der Waals surface area (Å²) in [6.07, 6.45) is 0.931. The number of nitrogens with zero attached hydrogens (tertiary/aromatic N) is 2. The number of rotatable bonds is 8. The summed E-state index contributed by atoms with van der Waals surface area (Å²) in [4.78, 5) is 26.2. The molecular weight excluding hydrogens is 458 g/mol. The number of carbonyl (C=O) groups is 2. The van der Waals surface area contributed by atoms with Gasteiger partial charge in [0, 0.05) is 25.1 Å². The first kappa shape index (κ1) is 25.4. The smallest absolute Gasteiger partial charge is 0.264 e. The van der Waals surface area contributed by atoms with Gasteiger partial charge in [0.2, 0.25) is 11.8 Å². The molecule has 1 aliphatic heterocycles. The van der Waals surface area contributed by atoms with Crippen molar-refractivity contribution in [2.24, 2.45) is 11.7 Å². The van der Waals surface area contributed by atoms with E-state index >= 15 is 0 Å². The molecule has 34 heavy (non-hydrogen) atoms. The minimum absolute atomic E-state index is 0.0236. The number of amides is 2. The second-order valence-electron chi connectivity index (χ2n) is 8.43. The minimum Gasteiger partial charge on any atom is -0.493 e. The first-order valence-electron chi connectivity index (χ1n) is 11.0. The quantitative estimate of drug-likeness (QED) is 0.607. The third-order valence-electron chi connectivity index (χ3n) is 5.97. The summed E-state index contributed by atoms with van der Waals surface area (Å²) >= 11 is 0. The molecule has 2 aromatic carbocycles. The molecular formula is C24H31N3O6S. The molecule has 0 aliphatic carbocycles. The number of sulfonamides is 1. The van der Waals surface area contributed by atoms with Gasteiger partial charge in [0.05, 0.1) is 24.8 Å². The molecule has 0 spiro atoms. The summed E-state index contributed by atoms with van der Waals surface area (Å²) in [6, 6.07) is 9.72. The van der Waals surface area contributed by atoms with Crippen molar-refractivity contribution in [3.63, 3.8) is 0 Å². The molecule has 1 aliphatic rings. The number of nitrogens with two attached hydrogens (primary N) is 1. The van der Waals surface area contributed by atoms with Gasteiger partial charge >= 0.3 is 0 Å². The van der Waals surface area contributed by atoms with Crippen LogP contribution in [0.25, 0.3) is 0 Å². The predicted octanol–water partition coefficient (Wildman–Crippen LogP) is 2.24. The molecule has 184 valence electrons. The van der Waals surface area contributed by atoms with Crippen molar-refractivity contribution < 1.29 is 27.5 Å². The molecule has 0 atom stereocenters. The van der Waals surface area contributed by atoms with Gasteiger partial charge in [-0.3, -0.25) is 13.9 Å². The van der Waals surface area contributed by atoms with E-state index in [0.717, 1.165) is 15.4 Å². The lowest BCUT2D eigenvalue weighted by Crippen LogP contribution is -2.47. The van der Waals surface area contributed by atoms with Crippen molar-refractivity contribution in [1.29, 1.82) is 0 Å². The molecule has 9 nitrogen and oxygen atoms in total. The van der Waals surface area contributed by atoms with Crippen LogP contribution in [0, 0.1) is 19.8 Å². The van der Waals surface area contributed by atoms with Gasteiger partial charge in [-0.25, -0.2) is 8.42 Å². The monoisotopic (exact) mass is 489 g/mol. The number of hydrogen-bond donors (Lipinski definition) is 1. The van der Waals surface area contributed by atoms with Gasteiger partial charge in [-0.15, -0.1) is 0 Å². The van der Waals surface area contributed by atoms with Gasteiger partial charge in [0.15, 0.2) is 11.5 Å². The molecule has 2 amide bonds. The number of piperidine rings is 1. The number of hydrogen-bond acceptors (Lipinski definition) is 6. The fourth-order valence-electron chi connectivity index (χ4n) is 4.15. The number of primary amides is 1. The van der Waals surface area contributed by atoms with E-state index in [9.17, 15) is 18.0 Å². The fourth-order valence-corrected chi connectivity index (χ4v) is 5.56. The molecule has 0 aromatic heterocycles. The van der Waals surface area contributed by atoms with Crippen molar-refractivity contribution in [3.05, 3.63) is 47.5 Å². The van der Waals surface area contributed by atoms with E-state index in [4.69, 9.17) is 15.2 Å². The predicted molar refractivity (Wildman–Crippen MR) is 128 cm³/mol. The maximum atomic E-state index is 13.8. The minimum atomic E-state index is -4.13. The maximum absolute atomic E-state index is 13.8. The van der Waals surface area contributed by atoms with Crippen LogP contribution >= 0.6 is 0 Å². The summed E-state index contributed by atoms with van der Waals surface area (Å²) < 4.78 is 39.2. The number of benzene rings is 2. The Hall–Kier alpha value is -3.27. The summed E-state index contributed by atoms with van der Waals surface area (Å²) in [5.41, 5.74) is 7.53. The number of likely N-dealkylation sites (tertiary alicyclic amines) is 1.